The molecule has 0 unspecified atom stereocenters. The van der Waals surface area contributed by atoms with Gasteiger partial charge in [0.2, 0.25) is 12.6 Å². The fourth-order valence-corrected chi connectivity index (χ4v) is 13.6. The molecule has 2 saturated heterocycles. The van der Waals surface area contributed by atoms with Gasteiger partial charge in [-0.05, 0) is 98.7 Å². The van der Waals surface area contributed by atoms with E-state index in [0.717, 1.165) is 5.57 Å². The molecule has 2 aliphatic heterocycles. The van der Waals surface area contributed by atoms with Crippen LogP contribution in [0.15, 0.2) is 11.6 Å². The van der Waals surface area contributed by atoms with E-state index in [4.69, 9.17) is 18.9 Å². The van der Waals surface area contributed by atoms with Crippen molar-refractivity contribution < 1.29 is 84.7 Å². The first-order valence-electron chi connectivity index (χ1n) is 21.2. The number of carbonyl (C=O) groups excluding carboxylic acids is 2. The number of aliphatic hydroxyl groups excluding tert-OH is 11. The van der Waals surface area contributed by atoms with Gasteiger partial charge in [-0.2, -0.15) is 0 Å². The maximum atomic E-state index is 14.6. The summed E-state index contributed by atoms with van der Waals surface area (Å²) in [5.74, 6) is -2.85. The number of allylic oxidation sites excluding steroid dienone is 1. The summed E-state index contributed by atoms with van der Waals surface area (Å²) in [5, 5.41) is 117. The molecule has 0 aromatic carbocycles. The fraction of sp³-hybridized carbons (Fsp3) is 0.905. The molecule has 59 heavy (non-hydrogen) atoms. The number of ether oxygens (including phenoxy) is 4. The summed E-state index contributed by atoms with van der Waals surface area (Å²) >= 11 is 0. The Hall–Kier alpha value is -1.84. The zero-order valence-electron chi connectivity index (χ0n) is 34.6. The highest BCUT2D eigenvalue weighted by Gasteiger charge is 2.73. The molecular formula is C42H66O17. The molecule has 7 rings (SSSR count). The van der Waals surface area contributed by atoms with Crippen molar-refractivity contribution in [1.29, 1.82) is 0 Å². The normalized spacial score (nSPS) is 53.1. The lowest BCUT2D eigenvalue weighted by molar-refractivity contribution is -0.303. The highest BCUT2D eigenvalue weighted by atomic mass is 16.7. The molecule has 4 saturated carbocycles. The van der Waals surface area contributed by atoms with Gasteiger partial charge in [0, 0.05) is 5.41 Å². The van der Waals surface area contributed by atoms with E-state index in [1.807, 2.05) is 6.92 Å². The van der Waals surface area contributed by atoms with Gasteiger partial charge < -0.3 is 75.1 Å². The van der Waals surface area contributed by atoms with Gasteiger partial charge in [-0.1, -0.05) is 39.3 Å². The molecule has 6 fully saturated rings. The van der Waals surface area contributed by atoms with Crippen LogP contribution >= 0.6 is 0 Å². The van der Waals surface area contributed by atoms with Crippen molar-refractivity contribution >= 4 is 11.9 Å². The van der Waals surface area contributed by atoms with Gasteiger partial charge in [0.25, 0.3) is 0 Å². The second-order valence-corrected chi connectivity index (χ2v) is 20.5. The molecule has 11 N–H and O–H groups in total. The van der Waals surface area contributed by atoms with Crippen molar-refractivity contribution in [2.24, 2.45) is 50.2 Å². The third kappa shape index (κ3) is 6.50. The minimum atomic E-state index is -1.86. The molecule has 0 radical (unpaired) electrons. The topological polar surface area (TPSA) is 294 Å². The lowest BCUT2D eigenvalue weighted by Crippen LogP contribution is -2.70. The van der Waals surface area contributed by atoms with Crippen molar-refractivity contribution in [2.45, 2.75) is 166 Å². The third-order valence-corrected chi connectivity index (χ3v) is 17.2. The lowest BCUT2D eigenvalue weighted by Gasteiger charge is -2.71. The molecule has 0 spiro atoms. The van der Waals surface area contributed by atoms with Crippen LogP contribution in [-0.4, -0.2) is 162 Å². The highest BCUT2D eigenvalue weighted by molar-refractivity contribution is 5.79. The predicted molar refractivity (Wildman–Crippen MR) is 202 cm³/mol. The third-order valence-electron chi connectivity index (χ3n) is 17.2. The van der Waals surface area contributed by atoms with Crippen LogP contribution in [0.1, 0.15) is 92.4 Å². The minimum Gasteiger partial charge on any atom is -0.432 e. The van der Waals surface area contributed by atoms with Crippen molar-refractivity contribution in [1.82, 2.24) is 0 Å². The smallest absolute Gasteiger partial charge is 0.317 e. The Morgan fingerprint density at radius 1 is 0.678 bits per heavy atom. The zero-order chi connectivity index (χ0) is 43.4. The summed E-state index contributed by atoms with van der Waals surface area (Å²) < 4.78 is 22.6. The largest absolute Gasteiger partial charge is 0.432 e. The summed E-state index contributed by atoms with van der Waals surface area (Å²) in [6.07, 6.45) is -13.5. The van der Waals surface area contributed by atoms with E-state index in [2.05, 4.69) is 26.8 Å². The molecular weight excluding hydrogens is 776 g/mol. The second-order valence-electron chi connectivity index (χ2n) is 20.5. The van der Waals surface area contributed by atoms with Crippen LogP contribution in [0.5, 0.6) is 0 Å². The van der Waals surface area contributed by atoms with Gasteiger partial charge in [-0.25, -0.2) is 0 Å². The number of aliphatic hydroxyl groups is 11. The van der Waals surface area contributed by atoms with Crippen LogP contribution in [0.3, 0.4) is 0 Å². The SMILES string of the molecule is CC1(C)CC[C@@]2(C(=O)O[C@H]3O[C@@H](CO)[C@H](O)[C@@H](O)[C@@H]3O)CC[C@@]3(CO)C(=CC[C@@H]4[C@]5(C)C[C@H](O)[C@H](O)[C@@](C)(C(=O)O[C@@H]6O[C@H](CO)[C@@H](O)[C@@H](O)[C@@H]6O)[C@@H]5CC[C@@]43C)[C@@H]2C1. The summed E-state index contributed by atoms with van der Waals surface area (Å²) in [6, 6.07) is 0. The molecule has 5 aliphatic carbocycles. The number of rotatable bonds is 7. The molecule has 7 aliphatic rings. The summed E-state index contributed by atoms with van der Waals surface area (Å²) in [6.45, 7) is 8.25. The Balaban J connectivity index is 1.22. The van der Waals surface area contributed by atoms with Crippen molar-refractivity contribution in [3.63, 3.8) is 0 Å². The number of esters is 2. The average Bonchev–Trinajstić information content (AvgIpc) is 3.19. The van der Waals surface area contributed by atoms with E-state index in [-0.39, 0.29) is 24.4 Å². The number of carbonyl (C=O) groups is 2. The Kier molecular flexibility index (Phi) is 11.8. The van der Waals surface area contributed by atoms with Gasteiger partial charge in [-0.3, -0.25) is 9.59 Å². The van der Waals surface area contributed by atoms with Crippen molar-refractivity contribution in [3.05, 3.63) is 11.6 Å². The van der Waals surface area contributed by atoms with Crippen LogP contribution in [0.25, 0.3) is 0 Å². The van der Waals surface area contributed by atoms with Crippen LogP contribution in [0.2, 0.25) is 0 Å². The van der Waals surface area contributed by atoms with Crippen molar-refractivity contribution in [2.75, 3.05) is 19.8 Å². The Morgan fingerprint density at radius 2 is 1.22 bits per heavy atom. The number of fused-ring (bicyclic) bond motifs is 7. The monoisotopic (exact) mass is 842 g/mol. The number of hydrogen-bond donors (Lipinski definition) is 11. The molecule has 20 atom stereocenters. The molecule has 336 valence electrons. The molecule has 0 amide bonds. The lowest BCUT2D eigenvalue weighted by atomic mass is 9.33. The van der Waals surface area contributed by atoms with Crippen molar-refractivity contribution in [3.8, 4) is 0 Å². The molecule has 2 heterocycles. The molecule has 17 heteroatoms. The van der Waals surface area contributed by atoms with Gasteiger partial charge in [-0.15, -0.1) is 0 Å². The maximum Gasteiger partial charge on any atom is 0.317 e. The van der Waals surface area contributed by atoms with E-state index in [0.29, 0.717) is 51.4 Å². The first-order valence-corrected chi connectivity index (χ1v) is 21.2. The average molecular weight is 843 g/mol. The van der Waals surface area contributed by atoms with Crippen LogP contribution < -0.4 is 0 Å². The predicted octanol–water partition coefficient (Wildman–Crippen LogP) is -1.24. The Bertz CT molecular complexity index is 1640. The second kappa shape index (κ2) is 15.5. The Labute approximate surface area is 343 Å². The van der Waals surface area contributed by atoms with Gasteiger partial charge in [0.1, 0.15) is 48.8 Å². The summed E-state index contributed by atoms with van der Waals surface area (Å²) in [7, 11) is 0. The van der Waals surface area contributed by atoms with E-state index in [1.54, 1.807) is 0 Å². The van der Waals surface area contributed by atoms with Gasteiger partial charge in [0.15, 0.2) is 0 Å². The van der Waals surface area contributed by atoms with Crippen LogP contribution in [0, 0.1) is 50.2 Å². The fourth-order valence-electron chi connectivity index (χ4n) is 13.6. The zero-order valence-corrected chi connectivity index (χ0v) is 34.6. The van der Waals surface area contributed by atoms with E-state index < -0.39 is 138 Å². The minimum absolute atomic E-state index is 0.124. The van der Waals surface area contributed by atoms with E-state index in [1.165, 1.54) is 6.92 Å². The molecule has 0 aromatic heterocycles. The first-order chi connectivity index (χ1) is 27.5. The standard InChI is InChI=1S/C42H66O17/c1-37(2)10-11-41(36(55)59-34-31(52)29(50)27(48)23(17-44)57-34)12-13-42(18-45)19(20(41)14-37)6-7-24-38(3)15-21(46)32(53)40(5,25(38)8-9-39(24,42)4)35(54)58-33-30(51)28(49)26(47)22(16-43)56-33/h6,20-34,43-53H,7-18H2,1-5H3/t20-,21-,22+,23-,24+,25+,26+,27-,28+,29+,30-,31-,32-,33-,34+,38-,39-,40-,41+,42+/m0/s1. The molecule has 0 aromatic rings. The summed E-state index contributed by atoms with van der Waals surface area (Å²) in [4.78, 5) is 29.0. The Morgan fingerprint density at radius 3 is 1.76 bits per heavy atom. The van der Waals surface area contributed by atoms with Gasteiger partial charge in [0.05, 0.1) is 42.9 Å². The van der Waals surface area contributed by atoms with Gasteiger partial charge >= 0.3 is 11.9 Å². The molecule has 17 nitrogen and oxygen atoms in total. The quantitative estimate of drug-likeness (QED) is 0.106. The molecule has 0 bridgehead atoms. The number of hydrogen-bond acceptors (Lipinski definition) is 17. The summed E-state index contributed by atoms with van der Waals surface area (Å²) in [5.41, 5.74) is -4.41. The van der Waals surface area contributed by atoms with E-state index in [9.17, 15) is 65.8 Å². The van der Waals surface area contributed by atoms with Crippen LogP contribution in [-0.2, 0) is 28.5 Å². The van der Waals surface area contributed by atoms with Crippen LogP contribution in [0.4, 0.5) is 0 Å². The highest BCUT2D eigenvalue weighted by Crippen LogP contribution is 2.76. The maximum absolute atomic E-state index is 14.6. The first kappa shape index (κ1) is 45.2. The van der Waals surface area contributed by atoms with E-state index >= 15 is 0 Å².